The molecule has 2 nitrogen and oxygen atoms in total. The fraction of sp³-hybridized carbons (Fsp3) is 0.400. The van der Waals surface area contributed by atoms with Crippen molar-refractivity contribution in [3.05, 3.63) is 40.5 Å². The first-order chi connectivity index (χ1) is 7.95. The SMILES string of the molecule is CCN(C)C(=O)/C=C/c1cc(C)c(C)c(C)c1. The lowest BCUT2D eigenvalue weighted by atomic mass is 10.0. The molecule has 0 aliphatic carbocycles. The summed E-state index contributed by atoms with van der Waals surface area (Å²) in [5, 5.41) is 0. The van der Waals surface area contributed by atoms with Crippen molar-refractivity contribution in [2.45, 2.75) is 27.7 Å². The fourth-order valence-corrected chi connectivity index (χ4v) is 1.62. The van der Waals surface area contributed by atoms with Gasteiger partial charge in [0.25, 0.3) is 0 Å². The Bertz CT molecular complexity index is 423. The topological polar surface area (TPSA) is 20.3 Å². The van der Waals surface area contributed by atoms with Crippen LogP contribution in [0, 0.1) is 20.8 Å². The second-order valence-electron chi connectivity index (χ2n) is 4.47. The van der Waals surface area contributed by atoms with Crippen molar-refractivity contribution in [3.8, 4) is 0 Å². The van der Waals surface area contributed by atoms with Crippen molar-refractivity contribution in [3.63, 3.8) is 0 Å². The lowest BCUT2D eigenvalue weighted by molar-refractivity contribution is -0.124. The molecule has 92 valence electrons. The molecule has 17 heavy (non-hydrogen) atoms. The molecule has 0 unspecified atom stereocenters. The van der Waals surface area contributed by atoms with Crippen molar-refractivity contribution < 1.29 is 4.79 Å². The number of carbonyl (C=O) groups is 1. The van der Waals surface area contributed by atoms with Crippen LogP contribution in [0.4, 0.5) is 0 Å². The van der Waals surface area contributed by atoms with E-state index in [2.05, 4.69) is 32.9 Å². The number of benzene rings is 1. The number of rotatable bonds is 3. The summed E-state index contributed by atoms with van der Waals surface area (Å²) in [6, 6.07) is 4.22. The Balaban J connectivity index is 2.89. The summed E-state index contributed by atoms with van der Waals surface area (Å²) in [7, 11) is 1.80. The van der Waals surface area contributed by atoms with Gasteiger partial charge in [-0.25, -0.2) is 0 Å². The van der Waals surface area contributed by atoms with Gasteiger partial charge in [-0.2, -0.15) is 0 Å². The molecule has 1 aromatic rings. The summed E-state index contributed by atoms with van der Waals surface area (Å²) in [5.41, 5.74) is 4.93. The highest BCUT2D eigenvalue weighted by Gasteiger charge is 2.02. The number of aryl methyl sites for hydroxylation is 2. The highest BCUT2D eigenvalue weighted by Crippen LogP contribution is 2.16. The molecular formula is C15H21NO. The number of carbonyl (C=O) groups excluding carboxylic acids is 1. The molecule has 0 atom stereocenters. The average Bonchev–Trinajstić information content (AvgIpc) is 2.31. The lowest BCUT2D eigenvalue weighted by Gasteiger charge is -2.11. The van der Waals surface area contributed by atoms with Crippen LogP contribution in [0.5, 0.6) is 0 Å². The summed E-state index contributed by atoms with van der Waals surface area (Å²) < 4.78 is 0. The van der Waals surface area contributed by atoms with Gasteiger partial charge in [-0.1, -0.05) is 12.1 Å². The summed E-state index contributed by atoms with van der Waals surface area (Å²) in [4.78, 5) is 13.3. The summed E-state index contributed by atoms with van der Waals surface area (Å²) in [6.07, 6.45) is 3.51. The second kappa shape index (κ2) is 5.67. The molecule has 0 radical (unpaired) electrons. The Morgan fingerprint density at radius 2 is 1.76 bits per heavy atom. The Hall–Kier alpha value is -1.57. The first-order valence-electron chi connectivity index (χ1n) is 5.96. The van der Waals surface area contributed by atoms with Crippen molar-refractivity contribution in [2.24, 2.45) is 0 Å². The van der Waals surface area contributed by atoms with Gasteiger partial charge in [-0.05, 0) is 56.0 Å². The molecule has 0 N–H and O–H groups in total. The standard InChI is InChI=1S/C15H21NO/c1-6-16(5)15(17)8-7-14-9-11(2)13(4)12(3)10-14/h7-10H,6H2,1-5H3/b8-7+. The van der Waals surface area contributed by atoms with Gasteiger partial charge in [0.1, 0.15) is 0 Å². The van der Waals surface area contributed by atoms with E-state index < -0.39 is 0 Å². The zero-order chi connectivity index (χ0) is 13.0. The number of hydrogen-bond acceptors (Lipinski definition) is 1. The van der Waals surface area contributed by atoms with Gasteiger partial charge in [0.15, 0.2) is 0 Å². The zero-order valence-electron chi connectivity index (χ0n) is 11.4. The molecule has 0 aliphatic heterocycles. The highest BCUT2D eigenvalue weighted by atomic mass is 16.2. The monoisotopic (exact) mass is 231 g/mol. The van der Waals surface area contributed by atoms with E-state index in [9.17, 15) is 4.79 Å². The normalized spacial score (nSPS) is 10.9. The van der Waals surface area contributed by atoms with Crippen LogP contribution in [-0.2, 0) is 4.79 Å². The van der Waals surface area contributed by atoms with Crippen molar-refractivity contribution in [1.29, 1.82) is 0 Å². The van der Waals surface area contributed by atoms with Crippen LogP contribution in [0.25, 0.3) is 6.08 Å². The minimum absolute atomic E-state index is 0.0448. The third-order valence-electron chi connectivity index (χ3n) is 3.22. The van der Waals surface area contributed by atoms with Gasteiger partial charge in [-0.3, -0.25) is 4.79 Å². The molecule has 1 amide bonds. The summed E-state index contributed by atoms with van der Waals surface area (Å²) in [5.74, 6) is 0.0448. The van der Waals surface area contributed by atoms with E-state index in [-0.39, 0.29) is 5.91 Å². The van der Waals surface area contributed by atoms with Gasteiger partial charge in [-0.15, -0.1) is 0 Å². The van der Waals surface area contributed by atoms with E-state index in [0.717, 1.165) is 12.1 Å². The van der Waals surface area contributed by atoms with Gasteiger partial charge >= 0.3 is 0 Å². The minimum atomic E-state index is 0.0448. The third kappa shape index (κ3) is 3.45. The maximum absolute atomic E-state index is 11.6. The fourth-order valence-electron chi connectivity index (χ4n) is 1.62. The second-order valence-corrected chi connectivity index (χ2v) is 4.47. The molecule has 0 aliphatic rings. The van der Waals surface area contributed by atoms with Gasteiger partial charge in [0.2, 0.25) is 5.91 Å². The number of hydrogen-bond donors (Lipinski definition) is 0. The van der Waals surface area contributed by atoms with Gasteiger partial charge < -0.3 is 4.90 Å². The van der Waals surface area contributed by atoms with Gasteiger partial charge in [0.05, 0.1) is 0 Å². The van der Waals surface area contributed by atoms with E-state index in [1.807, 2.05) is 13.0 Å². The molecule has 1 rings (SSSR count). The van der Waals surface area contributed by atoms with Crippen LogP contribution in [0.3, 0.4) is 0 Å². The molecule has 0 saturated carbocycles. The van der Waals surface area contributed by atoms with E-state index in [1.165, 1.54) is 16.7 Å². The number of amides is 1. The quantitative estimate of drug-likeness (QED) is 0.732. The molecule has 0 saturated heterocycles. The maximum Gasteiger partial charge on any atom is 0.246 e. The molecule has 1 aromatic carbocycles. The molecule has 2 heteroatoms. The van der Waals surface area contributed by atoms with E-state index >= 15 is 0 Å². The third-order valence-corrected chi connectivity index (χ3v) is 3.22. The smallest absolute Gasteiger partial charge is 0.246 e. The average molecular weight is 231 g/mol. The molecule has 0 aromatic heterocycles. The van der Waals surface area contributed by atoms with Gasteiger partial charge in [0, 0.05) is 19.7 Å². The highest BCUT2D eigenvalue weighted by molar-refractivity contribution is 5.91. The van der Waals surface area contributed by atoms with Crippen LogP contribution in [0.1, 0.15) is 29.2 Å². The van der Waals surface area contributed by atoms with Crippen molar-refractivity contribution >= 4 is 12.0 Å². The minimum Gasteiger partial charge on any atom is -0.343 e. The molecule has 0 spiro atoms. The van der Waals surface area contributed by atoms with Crippen LogP contribution in [0.2, 0.25) is 0 Å². The summed E-state index contributed by atoms with van der Waals surface area (Å²) >= 11 is 0. The molecule has 0 heterocycles. The Labute approximate surface area is 104 Å². The van der Waals surface area contributed by atoms with Crippen LogP contribution < -0.4 is 0 Å². The molecular weight excluding hydrogens is 210 g/mol. The molecule has 0 fully saturated rings. The Morgan fingerprint density at radius 3 is 2.24 bits per heavy atom. The van der Waals surface area contributed by atoms with Crippen LogP contribution in [-0.4, -0.2) is 24.4 Å². The predicted molar refractivity (Wildman–Crippen MR) is 73.0 cm³/mol. The summed E-state index contributed by atoms with van der Waals surface area (Å²) in [6.45, 7) is 9.01. The largest absolute Gasteiger partial charge is 0.343 e. The van der Waals surface area contributed by atoms with E-state index in [4.69, 9.17) is 0 Å². The Kier molecular flexibility index (Phi) is 4.50. The molecule has 0 bridgehead atoms. The Morgan fingerprint density at radius 1 is 1.24 bits per heavy atom. The predicted octanol–water partition coefficient (Wildman–Crippen LogP) is 3.10. The zero-order valence-corrected chi connectivity index (χ0v) is 11.4. The maximum atomic E-state index is 11.6. The first-order valence-corrected chi connectivity index (χ1v) is 5.96. The lowest BCUT2D eigenvalue weighted by Crippen LogP contribution is -2.23. The number of likely N-dealkylation sites (N-methyl/N-ethyl adjacent to an activating group) is 1. The van der Waals surface area contributed by atoms with Crippen LogP contribution in [0.15, 0.2) is 18.2 Å². The van der Waals surface area contributed by atoms with Crippen molar-refractivity contribution in [1.82, 2.24) is 4.90 Å². The van der Waals surface area contributed by atoms with Crippen molar-refractivity contribution in [2.75, 3.05) is 13.6 Å². The van der Waals surface area contributed by atoms with E-state index in [1.54, 1.807) is 18.0 Å². The van der Waals surface area contributed by atoms with E-state index in [0.29, 0.717) is 0 Å². The number of nitrogens with zero attached hydrogens (tertiary/aromatic N) is 1. The first kappa shape index (κ1) is 13.5. The van der Waals surface area contributed by atoms with Crippen LogP contribution >= 0.6 is 0 Å².